The van der Waals surface area contributed by atoms with Gasteiger partial charge in [-0.05, 0) is 19.4 Å². The van der Waals surface area contributed by atoms with Gasteiger partial charge in [0.25, 0.3) is 0 Å². The summed E-state index contributed by atoms with van der Waals surface area (Å²) in [6.07, 6.45) is 1.54. The van der Waals surface area contributed by atoms with Gasteiger partial charge in [-0.1, -0.05) is 30.3 Å². The second-order valence-electron chi connectivity index (χ2n) is 5.24. The molecule has 1 atom stereocenters. The van der Waals surface area contributed by atoms with Gasteiger partial charge in [-0.2, -0.15) is 5.26 Å². The van der Waals surface area contributed by atoms with Gasteiger partial charge in [0.2, 0.25) is 0 Å². The van der Waals surface area contributed by atoms with E-state index in [2.05, 4.69) is 11.4 Å². The standard InChI is InChI=1S/C14H20N2O2S/c1-14(2,19(3,17)18)11-16-13(9-10-15)12-7-5-4-6-8-12/h4-8,13,16H,9,11H2,1-3H3. The van der Waals surface area contributed by atoms with Crippen molar-refractivity contribution >= 4 is 9.84 Å². The Morgan fingerprint density at radius 1 is 1.32 bits per heavy atom. The molecule has 4 nitrogen and oxygen atoms in total. The zero-order chi connectivity index (χ0) is 14.5. The Hall–Kier alpha value is -1.38. The van der Waals surface area contributed by atoms with Crippen LogP contribution in [0.15, 0.2) is 30.3 Å². The second-order valence-corrected chi connectivity index (χ2v) is 7.89. The summed E-state index contributed by atoms with van der Waals surface area (Å²) >= 11 is 0. The van der Waals surface area contributed by atoms with Crippen LogP contribution in [0.1, 0.15) is 31.9 Å². The summed E-state index contributed by atoms with van der Waals surface area (Å²) in [6, 6.07) is 11.6. The highest BCUT2D eigenvalue weighted by atomic mass is 32.2. The number of nitriles is 1. The smallest absolute Gasteiger partial charge is 0.153 e. The third-order valence-electron chi connectivity index (χ3n) is 3.28. The summed E-state index contributed by atoms with van der Waals surface area (Å²) in [7, 11) is -3.14. The number of benzene rings is 1. The molecule has 1 rings (SSSR count). The third kappa shape index (κ3) is 4.34. The number of nitrogens with zero attached hydrogens (tertiary/aromatic N) is 1. The van der Waals surface area contributed by atoms with E-state index >= 15 is 0 Å². The van der Waals surface area contributed by atoms with Crippen molar-refractivity contribution in [2.24, 2.45) is 0 Å². The van der Waals surface area contributed by atoms with E-state index in [9.17, 15) is 8.42 Å². The molecule has 1 aromatic rings. The fourth-order valence-corrected chi connectivity index (χ4v) is 1.93. The fourth-order valence-electron chi connectivity index (χ4n) is 1.58. The first kappa shape index (κ1) is 15.7. The molecular formula is C14H20N2O2S. The molecule has 0 aromatic heterocycles. The minimum atomic E-state index is -3.14. The van der Waals surface area contributed by atoms with E-state index < -0.39 is 14.6 Å². The average Bonchev–Trinajstić information content (AvgIpc) is 2.34. The molecular weight excluding hydrogens is 260 g/mol. The van der Waals surface area contributed by atoms with E-state index in [1.54, 1.807) is 13.8 Å². The molecule has 0 fully saturated rings. The first-order chi connectivity index (χ1) is 8.78. The highest BCUT2D eigenvalue weighted by Gasteiger charge is 2.30. The van der Waals surface area contributed by atoms with Gasteiger partial charge in [0.1, 0.15) is 0 Å². The molecule has 0 saturated carbocycles. The van der Waals surface area contributed by atoms with Crippen molar-refractivity contribution in [2.45, 2.75) is 31.1 Å². The highest BCUT2D eigenvalue weighted by molar-refractivity contribution is 7.92. The molecule has 1 unspecified atom stereocenters. The third-order valence-corrected chi connectivity index (χ3v) is 5.43. The Morgan fingerprint density at radius 3 is 2.37 bits per heavy atom. The van der Waals surface area contributed by atoms with Crippen LogP contribution >= 0.6 is 0 Å². The number of sulfone groups is 1. The van der Waals surface area contributed by atoms with E-state index in [-0.39, 0.29) is 6.04 Å². The summed E-state index contributed by atoms with van der Waals surface area (Å²) < 4.78 is 22.5. The predicted octanol–water partition coefficient (Wildman–Crippen LogP) is 2.05. The first-order valence-electron chi connectivity index (χ1n) is 6.13. The van der Waals surface area contributed by atoms with Gasteiger partial charge < -0.3 is 5.32 Å². The van der Waals surface area contributed by atoms with E-state index in [1.165, 1.54) is 6.26 Å². The van der Waals surface area contributed by atoms with Gasteiger partial charge >= 0.3 is 0 Å². The van der Waals surface area contributed by atoms with Crippen molar-refractivity contribution in [3.8, 4) is 6.07 Å². The Labute approximate surface area is 115 Å². The fraction of sp³-hybridized carbons (Fsp3) is 0.500. The summed E-state index contributed by atoms with van der Waals surface area (Å²) in [5.41, 5.74) is 0.994. The monoisotopic (exact) mass is 280 g/mol. The summed E-state index contributed by atoms with van der Waals surface area (Å²) in [6.45, 7) is 3.68. The van der Waals surface area contributed by atoms with Crippen LogP contribution < -0.4 is 5.32 Å². The number of rotatable bonds is 6. The van der Waals surface area contributed by atoms with Crippen LogP contribution in [0.4, 0.5) is 0 Å². The Balaban J connectivity index is 2.80. The van der Waals surface area contributed by atoms with Gasteiger partial charge in [0.05, 0.1) is 17.2 Å². The van der Waals surface area contributed by atoms with Gasteiger partial charge in [0, 0.05) is 18.8 Å². The van der Waals surface area contributed by atoms with Crippen molar-refractivity contribution in [3.63, 3.8) is 0 Å². The first-order valence-corrected chi connectivity index (χ1v) is 8.02. The lowest BCUT2D eigenvalue weighted by molar-refractivity contribution is 0.475. The maximum absolute atomic E-state index is 11.7. The molecule has 0 saturated heterocycles. The molecule has 1 aromatic carbocycles. The number of nitrogens with one attached hydrogen (secondary N) is 1. The van der Waals surface area contributed by atoms with E-state index in [0.29, 0.717) is 13.0 Å². The molecule has 5 heteroatoms. The van der Waals surface area contributed by atoms with Gasteiger partial charge in [0.15, 0.2) is 9.84 Å². The molecule has 0 radical (unpaired) electrons. The zero-order valence-electron chi connectivity index (χ0n) is 11.6. The largest absolute Gasteiger partial charge is 0.308 e. The Bertz CT molecular complexity index is 545. The number of hydrogen-bond donors (Lipinski definition) is 1. The summed E-state index contributed by atoms with van der Waals surface area (Å²) in [4.78, 5) is 0. The van der Waals surface area contributed by atoms with E-state index in [0.717, 1.165) is 5.56 Å². The predicted molar refractivity (Wildman–Crippen MR) is 76.3 cm³/mol. The lowest BCUT2D eigenvalue weighted by Gasteiger charge is -2.26. The lowest BCUT2D eigenvalue weighted by atomic mass is 10.0. The molecule has 0 amide bonds. The molecule has 0 aliphatic heterocycles. The molecule has 0 bridgehead atoms. The summed E-state index contributed by atoms with van der Waals surface area (Å²) in [5.74, 6) is 0. The van der Waals surface area contributed by atoms with Crippen LogP contribution in [-0.2, 0) is 9.84 Å². The van der Waals surface area contributed by atoms with E-state index in [1.807, 2.05) is 30.3 Å². The van der Waals surface area contributed by atoms with Crippen molar-refractivity contribution in [2.75, 3.05) is 12.8 Å². The van der Waals surface area contributed by atoms with Crippen molar-refractivity contribution in [1.82, 2.24) is 5.32 Å². The van der Waals surface area contributed by atoms with Crippen LogP contribution in [-0.4, -0.2) is 26.0 Å². The quantitative estimate of drug-likeness (QED) is 0.866. The molecule has 1 N–H and O–H groups in total. The lowest BCUT2D eigenvalue weighted by Crippen LogP contribution is -2.42. The van der Waals surface area contributed by atoms with Crippen LogP contribution in [0.2, 0.25) is 0 Å². The maximum Gasteiger partial charge on any atom is 0.153 e. The highest BCUT2D eigenvalue weighted by Crippen LogP contribution is 2.19. The maximum atomic E-state index is 11.7. The molecule has 0 aliphatic carbocycles. The minimum Gasteiger partial charge on any atom is -0.308 e. The molecule has 19 heavy (non-hydrogen) atoms. The van der Waals surface area contributed by atoms with E-state index in [4.69, 9.17) is 5.26 Å². The number of hydrogen-bond acceptors (Lipinski definition) is 4. The average molecular weight is 280 g/mol. The normalized spacial score (nSPS) is 13.8. The Morgan fingerprint density at radius 2 is 1.89 bits per heavy atom. The van der Waals surface area contributed by atoms with Crippen LogP contribution in [0.25, 0.3) is 0 Å². The molecule has 0 aliphatic rings. The molecule has 0 heterocycles. The Kier molecular flexibility index (Phi) is 5.10. The molecule has 0 spiro atoms. The van der Waals surface area contributed by atoms with Crippen molar-refractivity contribution in [3.05, 3.63) is 35.9 Å². The van der Waals surface area contributed by atoms with Gasteiger partial charge in [-0.15, -0.1) is 0 Å². The topological polar surface area (TPSA) is 70.0 Å². The second kappa shape index (κ2) is 6.18. The minimum absolute atomic E-state index is 0.146. The molecule has 104 valence electrons. The van der Waals surface area contributed by atoms with Crippen LogP contribution in [0.3, 0.4) is 0 Å². The van der Waals surface area contributed by atoms with Crippen molar-refractivity contribution in [1.29, 1.82) is 5.26 Å². The van der Waals surface area contributed by atoms with Crippen LogP contribution in [0, 0.1) is 11.3 Å². The van der Waals surface area contributed by atoms with Crippen molar-refractivity contribution < 1.29 is 8.42 Å². The zero-order valence-corrected chi connectivity index (χ0v) is 12.4. The SMILES string of the molecule is CC(C)(CNC(CC#N)c1ccccc1)S(C)(=O)=O. The van der Waals surface area contributed by atoms with Gasteiger partial charge in [-0.25, -0.2) is 8.42 Å². The van der Waals surface area contributed by atoms with Crippen LogP contribution in [0.5, 0.6) is 0 Å². The van der Waals surface area contributed by atoms with Gasteiger partial charge in [-0.3, -0.25) is 0 Å². The summed E-state index contributed by atoms with van der Waals surface area (Å²) in [5, 5.41) is 12.1.